The summed E-state index contributed by atoms with van der Waals surface area (Å²) in [6.45, 7) is 0. The minimum atomic E-state index is 0.902. The minimum absolute atomic E-state index is 0.902. The summed E-state index contributed by atoms with van der Waals surface area (Å²) in [5.74, 6) is 0. The molecule has 5 aromatic rings. The second-order valence-electron chi connectivity index (χ2n) is 5.70. The Morgan fingerprint density at radius 1 is 0.652 bits per heavy atom. The minimum Gasteiger partial charge on any atom is -0.456 e. The van der Waals surface area contributed by atoms with Crippen LogP contribution in [0.1, 0.15) is 0 Å². The Hall–Kier alpha value is -3.13. The molecule has 0 atom stereocenters. The smallest absolute Gasteiger partial charge is 0.136 e. The Labute approximate surface area is 133 Å². The molecular formula is C21H13NO. The first-order valence-corrected chi connectivity index (χ1v) is 7.66. The Balaban J connectivity index is 1.73. The molecule has 0 spiro atoms. The number of rotatable bonds is 1. The van der Waals surface area contributed by atoms with Gasteiger partial charge in [-0.05, 0) is 30.3 Å². The second kappa shape index (κ2) is 4.68. The van der Waals surface area contributed by atoms with Crippen LogP contribution in [0.4, 0.5) is 0 Å². The molecule has 0 fully saturated rings. The molecule has 2 nitrogen and oxygen atoms in total. The van der Waals surface area contributed by atoms with E-state index in [1.807, 2.05) is 36.4 Å². The van der Waals surface area contributed by atoms with E-state index in [0.29, 0.717) is 0 Å². The predicted molar refractivity (Wildman–Crippen MR) is 94.5 cm³/mol. The van der Waals surface area contributed by atoms with Crippen molar-refractivity contribution in [1.29, 1.82) is 0 Å². The molecule has 23 heavy (non-hydrogen) atoms. The van der Waals surface area contributed by atoms with Gasteiger partial charge in [0.1, 0.15) is 11.2 Å². The topological polar surface area (TPSA) is 26.0 Å². The zero-order chi connectivity index (χ0) is 15.2. The van der Waals surface area contributed by atoms with Gasteiger partial charge in [-0.1, -0.05) is 48.5 Å². The third-order valence-corrected chi connectivity index (χ3v) is 4.27. The van der Waals surface area contributed by atoms with Gasteiger partial charge in [0.15, 0.2) is 0 Å². The van der Waals surface area contributed by atoms with Crippen LogP contribution in [0.25, 0.3) is 44.1 Å². The van der Waals surface area contributed by atoms with E-state index >= 15 is 0 Å². The van der Waals surface area contributed by atoms with E-state index < -0.39 is 0 Å². The third-order valence-electron chi connectivity index (χ3n) is 4.27. The number of fused-ring (bicyclic) bond motifs is 4. The molecule has 0 aliphatic carbocycles. The maximum atomic E-state index is 5.97. The van der Waals surface area contributed by atoms with Crippen molar-refractivity contribution in [3.63, 3.8) is 0 Å². The van der Waals surface area contributed by atoms with Crippen molar-refractivity contribution in [3.05, 3.63) is 78.9 Å². The van der Waals surface area contributed by atoms with Crippen LogP contribution in [0.2, 0.25) is 0 Å². The van der Waals surface area contributed by atoms with E-state index in [1.165, 1.54) is 0 Å². The summed E-state index contributed by atoms with van der Waals surface area (Å²) in [6.07, 6.45) is 0. The van der Waals surface area contributed by atoms with Gasteiger partial charge in [-0.15, -0.1) is 0 Å². The lowest BCUT2D eigenvalue weighted by atomic mass is 10.1. The standard InChI is InChI=1S/C21H13NO/c1-3-7-18-14(5-1)10-12-19(22-18)15-9-11-17-16-6-2-4-8-20(16)23-21(17)13-15/h1-13H. The number of hydrogen-bond donors (Lipinski definition) is 0. The van der Waals surface area contributed by atoms with Crippen LogP contribution < -0.4 is 0 Å². The van der Waals surface area contributed by atoms with Gasteiger partial charge >= 0.3 is 0 Å². The summed E-state index contributed by atoms with van der Waals surface area (Å²) < 4.78 is 5.97. The molecule has 2 heterocycles. The van der Waals surface area contributed by atoms with Crippen LogP contribution in [0.5, 0.6) is 0 Å². The van der Waals surface area contributed by atoms with Gasteiger partial charge in [-0.3, -0.25) is 0 Å². The van der Waals surface area contributed by atoms with Crippen LogP contribution in [0.15, 0.2) is 83.3 Å². The molecule has 0 unspecified atom stereocenters. The maximum Gasteiger partial charge on any atom is 0.136 e. The Morgan fingerprint density at radius 3 is 2.48 bits per heavy atom. The molecule has 0 N–H and O–H groups in total. The fourth-order valence-corrected chi connectivity index (χ4v) is 3.11. The second-order valence-corrected chi connectivity index (χ2v) is 5.70. The molecule has 2 aromatic heterocycles. The van der Waals surface area contributed by atoms with Crippen molar-refractivity contribution >= 4 is 32.8 Å². The largest absolute Gasteiger partial charge is 0.456 e. The highest BCUT2D eigenvalue weighted by atomic mass is 16.3. The van der Waals surface area contributed by atoms with Gasteiger partial charge in [0.25, 0.3) is 0 Å². The van der Waals surface area contributed by atoms with Crippen molar-refractivity contribution in [2.45, 2.75) is 0 Å². The zero-order valence-corrected chi connectivity index (χ0v) is 12.4. The summed E-state index contributed by atoms with van der Waals surface area (Å²) in [6, 6.07) is 26.8. The number of benzene rings is 3. The summed E-state index contributed by atoms with van der Waals surface area (Å²) in [5.41, 5.74) is 4.87. The monoisotopic (exact) mass is 295 g/mol. The Morgan fingerprint density at radius 2 is 1.48 bits per heavy atom. The number of furan rings is 1. The van der Waals surface area contributed by atoms with Gasteiger partial charge in [-0.2, -0.15) is 0 Å². The highest BCUT2D eigenvalue weighted by Gasteiger charge is 2.08. The molecule has 0 bridgehead atoms. The molecule has 108 valence electrons. The SMILES string of the molecule is c1ccc2nc(-c3ccc4c(c3)oc3ccccc34)ccc2c1. The average molecular weight is 295 g/mol. The van der Waals surface area contributed by atoms with Crippen LogP contribution in [0.3, 0.4) is 0 Å². The summed E-state index contributed by atoms with van der Waals surface area (Å²) in [7, 11) is 0. The number of aromatic nitrogens is 1. The molecule has 5 rings (SSSR count). The number of para-hydroxylation sites is 2. The fourth-order valence-electron chi connectivity index (χ4n) is 3.11. The molecule has 0 saturated carbocycles. The van der Waals surface area contributed by atoms with Crippen LogP contribution in [-0.2, 0) is 0 Å². The van der Waals surface area contributed by atoms with Gasteiger partial charge in [0.05, 0.1) is 11.2 Å². The number of pyridine rings is 1. The quantitative estimate of drug-likeness (QED) is 0.390. The molecular weight excluding hydrogens is 282 g/mol. The zero-order valence-electron chi connectivity index (χ0n) is 12.4. The normalized spacial score (nSPS) is 11.5. The highest BCUT2D eigenvalue weighted by Crippen LogP contribution is 2.31. The van der Waals surface area contributed by atoms with Gasteiger partial charge in [-0.25, -0.2) is 4.98 Å². The van der Waals surface area contributed by atoms with Crippen LogP contribution in [-0.4, -0.2) is 4.98 Å². The predicted octanol–water partition coefficient (Wildman–Crippen LogP) is 5.80. The van der Waals surface area contributed by atoms with Crippen LogP contribution in [0, 0.1) is 0 Å². The van der Waals surface area contributed by atoms with Crippen LogP contribution >= 0.6 is 0 Å². The maximum absolute atomic E-state index is 5.97. The number of nitrogens with zero attached hydrogens (tertiary/aromatic N) is 1. The van der Waals surface area contributed by atoms with Gasteiger partial charge in [0.2, 0.25) is 0 Å². The van der Waals surface area contributed by atoms with Crippen molar-refractivity contribution < 1.29 is 4.42 Å². The summed E-state index contributed by atoms with van der Waals surface area (Å²) >= 11 is 0. The first-order valence-electron chi connectivity index (χ1n) is 7.66. The van der Waals surface area contributed by atoms with Crippen molar-refractivity contribution in [3.8, 4) is 11.3 Å². The van der Waals surface area contributed by atoms with E-state index in [-0.39, 0.29) is 0 Å². The van der Waals surface area contributed by atoms with Crippen molar-refractivity contribution in [2.75, 3.05) is 0 Å². The molecule has 0 aliphatic rings. The fraction of sp³-hybridized carbons (Fsp3) is 0. The van der Waals surface area contributed by atoms with Crippen molar-refractivity contribution in [1.82, 2.24) is 4.98 Å². The lowest BCUT2D eigenvalue weighted by molar-refractivity contribution is 0.669. The Bertz CT molecular complexity index is 1170. The van der Waals surface area contributed by atoms with E-state index in [9.17, 15) is 0 Å². The van der Waals surface area contributed by atoms with Gasteiger partial charge < -0.3 is 4.42 Å². The van der Waals surface area contributed by atoms with Crippen molar-refractivity contribution in [2.24, 2.45) is 0 Å². The summed E-state index contributed by atoms with van der Waals surface area (Å²) in [4.78, 5) is 4.76. The molecule has 3 aromatic carbocycles. The first-order chi connectivity index (χ1) is 11.4. The van der Waals surface area contributed by atoms with E-state index in [4.69, 9.17) is 9.40 Å². The van der Waals surface area contributed by atoms with E-state index in [2.05, 4.69) is 42.5 Å². The highest BCUT2D eigenvalue weighted by molar-refractivity contribution is 6.05. The van der Waals surface area contributed by atoms with E-state index in [1.54, 1.807) is 0 Å². The number of hydrogen-bond acceptors (Lipinski definition) is 2. The lowest BCUT2D eigenvalue weighted by Crippen LogP contribution is -1.84. The molecule has 0 amide bonds. The van der Waals surface area contributed by atoms with Gasteiger partial charge in [0, 0.05) is 21.7 Å². The molecule has 0 saturated heterocycles. The molecule has 0 radical (unpaired) electrons. The molecule has 2 heteroatoms. The summed E-state index contributed by atoms with van der Waals surface area (Å²) in [5, 5.41) is 3.45. The molecule has 0 aliphatic heterocycles. The third kappa shape index (κ3) is 1.92. The Kier molecular flexibility index (Phi) is 2.53. The van der Waals surface area contributed by atoms with E-state index in [0.717, 1.165) is 44.1 Å². The lowest BCUT2D eigenvalue weighted by Gasteiger charge is -2.03. The first kappa shape index (κ1) is 12.4. The average Bonchev–Trinajstić information content (AvgIpc) is 2.99.